The van der Waals surface area contributed by atoms with Crippen LogP contribution in [0, 0.1) is 0 Å². The van der Waals surface area contributed by atoms with Crippen LogP contribution >= 0.6 is 0 Å². The molecular weight excluding hydrogens is 929 g/mol. The van der Waals surface area contributed by atoms with Crippen LogP contribution in [0.25, 0.3) is 67.1 Å². The largest absolute Gasteiger partial charge is 0.494 e. The monoisotopic (exact) mass is 978 g/mol. The summed E-state index contributed by atoms with van der Waals surface area (Å²) in [6, 6.07) is 36.1. The fourth-order valence-corrected chi connectivity index (χ4v) is 9.48. The van der Waals surface area contributed by atoms with Gasteiger partial charge < -0.3 is 29.9 Å². The molecule has 10 heterocycles. The lowest BCUT2D eigenvalue weighted by molar-refractivity contribution is 0.417. The third-order valence-corrected chi connectivity index (χ3v) is 13.1. The van der Waals surface area contributed by atoms with E-state index in [1.54, 1.807) is 51.4 Å². The molecule has 10 aromatic rings. The molecule has 2 aromatic carbocycles. The van der Waals surface area contributed by atoms with Crippen LogP contribution in [0.15, 0.2) is 159 Å². The molecule has 0 amide bonds. The first kappa shape index (κ1) is 45.9. The lowest BCUT2D eigenvalue weighted by Crippen LogP contribution is -2.44. The van der Waals surface area contributed by atoms with Crippen molar-refractivity contribution in [1.29, 1.82) is 0 Å². The third-order valence-electron chi connectivity index (χ3n) is 13.1. The Bertz CT molecular complexity index is 3340. The molecule has 74 heavy (non-hydrogen) atoms. The van der Waals surface area contributed by atoms with Crippen molar-refractivity contribution in [2.24, 2.45) is 0 Å². The fourth-order valence-electron chi connectivity index (χ4n) is 9.48. The Labute approximate surface area is 426 Å². The summed E-state index contributed by atoms with van der Waals surface area (Å²) < 4.78 is 11.7. The van der Waals surface area contributed by atoms with Crippen LogP contribution in [0.3, 0.4) is 0 Å². The van der Waals surface area contributed by atoms with Gasteiger partial charge in [-0.25, -0.2) is 39.9 Å². The van der Waals surface area contributed by atoms with Crippen molar-refractivity contribution in [3.05, 3.63) is 159 Å². The summed E-state index contributed by atoms with van der Waals surface area (Å²) in [5.41, 5.74) is 7.74. The SMILES string of the molecule is COc1cncc2nc(-c3ccnc(N(c4ccc(-c5ccccc5)nc4)N(c4ccc(-c5ccccc5)nc4)c4cc(-c5nc(N6CCNCC6)c6c(OC)cncc6n5)ccn4)c3)nc(N3CCNCC3)c12. The summed E-state index contributed by atoms with van der Waals surface area (Å²) in [5, 5.41) is 12.5. The molecule has 2 saturated heterocycles. The molecule has 2 fully saturated rings. The molecule has 0 radical (unpaired) electrons. The van der Waals surface area contributed by atoms with Gasteiger partial charge in [0.1, 0.15) is 23.1 Å². The minimum Gasteiger partial charge on any atom is -0.494 e. The molecule has 0 spiro atoms. The zero-order valence-electron chi connectivity index (χ0n) is 40.7. The summed E-state index contributed by atoms with van der Waals surface area (Å²) in [6.45, 7) is 6.35. The fraction of sp³-hybridized carbons (Fsp3) is 0.179. The zero-order chi connectivity index (χ0) is 49.8. The Morgan fingerprint density at radius 1 is 0.446 bits per heavy atom. The van der Waals surface area contributed by atoms with Gasteiger partial charge in [0.25, 0.3) is 0 Å². The van der Waals surface area contributed by atoms with Gasteiger partial charge in [-0.05, 0) is 48.5 Å². The number of ether oxygens (including phenoxy) is 2. The van der Waals surface area contributed by atoms with Crippen molar-refractivity contribution in [3.8, 4) is 56.8 Å². The van der Waals surface area contributed by atoms with E-state index < -0.39 is 0 Å². The third kappa shape index (κ3) is 9.03. The summed E-state index contributed by atoms with van der Waals surface area (Å²) in [6.07, 6.45) is 14.2. The predicted molar refractivity (Wildman–Crippen MR) is 288 cm³/mol. The Balaban J connectivity index is 1.05. The number of benzene rings is 2. The van der Waals surface area contributed by atoms with E-state index in [1.807, 2.05) is 132 Å². The van der Waals surface area contributed by atoms with Crippen LogP contribution in [-0.4, -0.2) is 116 Å². The lowest BCUT2D eigenvalue weighted by Gasteiger charge is -2.36. The molecule has 0 unspecified atom stereocenters. The smallest absolute Gasteiger partial charge is 0.162 e. The molecule has 8 aromatic heterocycles. The number of pyridine rings is 6. The van der Waals surface area contributed by atoms with E-state index in [4.69, 9.17) is 49.3 Å². The summed E-state index contributed by atoms with van der Waals surface area (Å²) >= 11 is 0. The Hall–Kier alpha value is -9.26. The number of hydrazine groups is 1. The summed E-state index contributed by atoms with van der Waals surface area (Å²) in [7, 11) is 3.29. The van der Waals surface area contributed by atoms with Crippen LogP contribution in [0.1, 0.15) is 0 Å². The number of nitrogens with one attached hydrogen (secondary N) is 2. The minimum atomic E-state index is 0.502. The van der Waals surface area contributed by atoms with Gasteiger partial charge >= 0.3 is 0 Å². The maximum absolute atomic E-state index is 5.84. The van der Waals surface area contributed by atoms with Crippen LogP contribution < -0.4 is 39.9 Å². The number of piperazine rings is 2. The zero-order valence-corrected chi connectivity index (χ0v) is 40.7. The molecule has 12 rings (SSSR count). The van der Waals surface area contributed by atoms with Crippen molar-refractivity contribution in [2.75, 3.05) is 86.4 Å². The predicted octanol–water partition coefficient (Wildman–Crippen LogP) is 8.34. The molecule has 2 aliphatic rings. The molecule has 2 aliphatic heterocycles. The number of nitrogens with zero attached hydrogens (tertiary/aromatic N) is 14. The number of methoxy groups -OCH3 is 2. The topological polar surface area (TPSA) is 184 Å². The van der Waals surface area contributed by atoms with E-state index in [9.17, 15) is 0 Å². The van der Waals surface area contributed by atoms with Gasteiger partial charge in [0.15, 0.2) is 23.3 Å². The van der Waals surface area contributed by atoms with E-state index >= 15 is 0 Å². The molecular formula is C56H50N16O2. The first-order valence-corrected chi connectivity index (χ1v) is 24.5. The van der Waals surface area contributed by atoms with Crippen molar-refractivity contribution in [1.82, 2.24) is 60.5 Å². The average Bonchev–Trinajstić information content (AvgIpc) is 3.48. The van der Waals surface area contributed by atoms with Crippen molar-refractivity contribution in [2.45, 2.75) is 0 Å². The van der Waals surface area contributed by atoms with Gasteiger partial charge in [-0.1, -0.05) is 60.7 Å². The number of rotatable bonds is 13. The van der Waals surface area contributed by atoms with Gasteiger partial charge in [-0.15, -0.1) is 0 Å². The first-order valence-electron chi connectivity index (χ1n) is 24.5. The number of aromatic nitrogens is 10. The Morgan fingerprint density at radius 2 is 0.878 bits per heavy atom. The van der Waals surface area contributed by atoms with E-state index in [1.165, 1.54) is 0 Å². The number of hydrogen-bond donors (Lipinski definition) is 2. The van der Waals surface area contributed by atoms with Gasteiger partial charge in [0.05, 0.1) is 96.0 Å². The molecule has 18 heteroatoms. The van der Waals surface area contributed by atoms with Crippen molar-refractivity contribution >= 4 is 56.5 Å². The van der Waals surface area contributed by atoms with E-state index in [0.717, 1.165) is 108 Å². The van der Waals surface area contributed by atoms with Crippen LogP contribution in [-0.2, 0) is 0 Å². The van der Waals surface area contributed by atoms with Crippen LogP contribution in [0.4, 0.5) is 34.6 Å². The molecule has 0 atom stereocenters. The van der Waals surface area contributed by atoms with E-state index in [0.29, 0.717) is 57.2 Å². The van der Waals surface area contributed by atoms with Gasteiger partial charge in [0.2, 0.25) is 0 Å². The molecule has 18 nitrogen and oxygen atoms in total. The highest BCUT2D eigenvalue weighted by Crippen LogP contribution is 2.40. The quantitative estimate of drug-likeness (QED) is 0.105. The first-order chi connectivity index (χ1) is 36.6. The minimum absolute atomic E-state index is 0.502. The normalized spacial score (nSPS) is 13.8. The molecule has 0 bridgehead atoms. The van der Waals surface area contributed by atoms with E-state index in [2.05, 4.69) is 30.4 Å². The molecule has 0 aliphatic carbocycles. The lowest BCUT2D eigenvalue weighted by atomic mass is 10.1. The summed E-state index contributed by atoms with van der Waals surface area (Å²) in [4.78, 5) is 54.7. The second-order valence-corrected chi connectivity index (χ2v) is 17.7. The highest BCUT2D eigenvalue weighted by atomic mass is 16.5. The second-order valence-electron chi connectivity index (χ2n) is 17.7. The Kier molecular flexibility index (Phi) is 12.7. The highest BCUT2D eigenvalue weighted by Gasteiger charge is 2.28. The van der Waals surface area contributed by atoms with Crippen LogP contribution in [0.5, 0.6) is 11.5 Å². The van der Waals surface area contributed by atoms with Crippen LogP contribution in [0.2, 0.25) is 0 Å². The van der Waals surface area contributed by atoms with Crippen molar-refractivity contribution in [3.63, 3.8) is 0 Å². The van der Waals surface area contributed by atoms with Gasteiger partial charge in [0, 0.05) is 87.0 Å². The molecule has 2 N–H and O–H groups in total. The number of anilines is 6. The maximum atomic E-state index is 5.84. The molecule has 0 saturated carbocycles. The number of hydrogen-bond acceptors (Lipinski definition) is 18. The Morgan fingerprint density at radius 3 is 1.27 bits per heavy atom. The molecule has 366 valence electrons. The maximum Gasteiger partial charge on any atom is 0.162 e. The van der Waals surface area contributed by atoms with Gasteiger partial charge in [-0.2, -0.15) is 0 Å². The van der Waals surface area contributed by atoms with Crippen molar-refractivity contribution < 1.29 is 9.47 Å². The second kappa shape index (κ2) is 20.5. The average molecular weight is 979 g/mol. The number of fused-ring (bicyclic) bond motifs is 2. The van der Waals surface area contributed by atoms with E-state index in [-0.39, 0.29) is 0 Å². The highest BCUT2D eigenvalue weighted by molar-refractivity contribution is 5.97. The standard InChI is InChI=1S/C56H50N16O2/c1-73-47-35-59-33-45-51(47)55(69-25-21-57-22-26-69)67-53(65-45)39-17-19-61-49(29-39)71(41-13-15-43(63-31-41)37-9-5-3-6-10-37)72(42-14-16-44(64-32-42)38-11-7-4-8-12-38)50-30-40(18-20-62-50)54-66-46-34-60-36-48(74-2)52(46)56(68-54)70-27-23-58-24-28-70/h3-20,29-36,57-58H,21-28H2,1-2H3. The summed E-state index contributed by atoms with van der Waals surface area (Å²) in [5.74, 6) is 4.82. The van der Waals surface area contributed by atoms with Gasteiger partial charge in [-0.3, -0.25) is 19.9 Å².